The number of hydrogen-bond donors (Lipinski definition) is 1. The summed E-state index contributed by atoms with van der Waals surface area (Å²) < 4.78 is 33.8. The molecule has 0 heterocycles. The molecule has 2 aromatic rings. The fourth-order valence-electron chi connectivity index (χ4n) is 1.90. The zero-order chi connectivity index (χ0) is 16.9. The van der Waals surface area contributed by atoms with Crippen LogP contribution in [0.2, 0.25) is 0 Å². The maximum absolute atomic E-state index is 13.1. The van der Waals surface area contributed by atoms with E-state index in [-0.39, 0.29) is 0 Å². The third-order valence-electron chi connectivity index (χ3n) is 3.00. The molecule has 0 amide bonds. The zero-order valence-corrected chi connectivity index (χ0v) is 11.7. The van der Waals surface area contributed by atoms with Crippen LogP contribution in [0.15, 0.2) is 54.6 Å². The first kappa shape index (κ1) is 12.5. The van der Waals surface area contributed by atoms with E-state index < -0.39 is 24.2 Å². The standard InChI is InChI=1S/C17H18FNO2/c1-21-17(20)11-16(14-7-9-15(18)10-8-14)19-12-13-5-3-2-4-6-13/h2-10,16,19H,11-12H2,1H3/i11D2. The van der Waals surface area contributed by atoms with Crippen LogP contribution in [0.25, 0.3) is 0 Å². The number of carbonyl (C=O) groups excluding carboxylic acids is 1. The number of hydrogen-bond acceptors (Lipinski definition) is 3. The predicted molar refractivity (Wildman–Crippen MR) is 79.1 cm³/mol. The minimum atomic E-state index is -2.29. The lowest BCUT2D eigenvalue weighted by Crippen LogP contribution is -2.24. The quantitative estimate of drug-likeness (QED) is 0.830. The number of methoxy groups -OCH3 is 1. The van der Waals surface area contributed by atoms with E-state index in [2.05, 4.69) is 10.1 Å². The van der Waals surface area contributed by atoms with Crippen molar-refractivity contribution in [2.45, 2.75) is 19.0 Å². The SMILES string of the molecule is [2H]C([2H])(C(=O)OC)C(NCc1ccccc1)c1ccc(F)cc1. The average Bonchev–Trinajstić information content (AvgIpc) is 2.56. The van der Waals surface area contributed by atoms with Gasteiger partial charge in [-0.2, -0.15) is 0 Å². The number of halogens is 1. The minimum absolute atomic E-state index is 0.361. The number of esters is 1. The molecule has 1 atom stereocenters. The van der Waals surface area contributed by atoms with Crippen LogP contribution in [0.4, 0.5) is 4.39 Å². The summed E-state index contributed by atoms with van der Waals surface area (Å²) in [5.41, 5.74) is 1.41. The molecule has 0 radical (unpaired) electrons. The lowest BCUT2D eigenvalue weighted by Gasteiger charge is -2.18. The monoisotopic (exact) mass is 289 g/mol. The van der Waals surface area contributed by atoms with E-state index in [1.165, 1.54) is 24.3 Å². The first-order valence-corrected chi connectivity index (χ1v) is 6.56. The van der Waals surface area contributed by atoms with E-state index in [0.717, 1.165) is 12.7 Å². The van der Waals surface area contributed by atoms with Crippen molar-refractivity contribution in [1.82, 2.24) is 5.32 Å². The normalized spacial score (nSPS) is 14.0. The van der Waals surface area contributed by atoms with Gasteiger partial charge in [0.05, 0.1) is 13.5 Å². The molecule has 2 rings (SSSR count). The van der Waals surface area contributed by atoms with Gasteiger partial charge in [-0.3, -0.25) is 4.79 Å². The smallest absolute Gasteiger partial charge is 0.307 e. The minimum Gasteiger partial charge on any atom is -0.469 e. The Hall–Kier alpha value is -2.20. The van der Waals surface area contributed by atoms with E-state index in [4.69, 9.17) is 2.74 Å². The van der Waals surface area contributed by atoms with Gasteiger partial charge in [0.25, 0.3) is 0 Å². The number of ether oxygens (including phenoxy) is 1. The molecule has 110 valence electrons. The highest BCUT2D eigenvalue weighted by atomic mass is 19.1. The highest BCUT2D eigenvalue weighted by Gasteiger charge is 2.16. The fourth-order valence-corrected chi connectivity index (χ4v) is 1.90. The molecule has 4 heteroatoms. The Morgan fingerprint density at radius 1 is 1.24 bits per heavy atom. The van der Waals surface area contributed by atoms with Crippen molar-refractivity contribution in [2.24, 2.45) is 0 Å². The Labute approximate surface area is 126 Å². The molecular weight excluding hydrogens is 269 g/mol. The van der Waals surface area contributed by atoms with Crippen molar-refractivity contribution in [3.8, 4) is 0 Å². The van der Waals surface area contributed by atoms with Crippen LogP contribution in [0.3, 0.4) is 0 Å². The molecule has 3 nitrogen and oxygen atoms in total. The highest BCUT2D eigenvalue weighted by molar-refractivity contribution is 5.70. The van der Waals surface area contributed by atoms with Crippen LogP contribution in [-0.4, -0.2) is 13.1 Å². The van der Waals surface area contributed by atoms with Gasteiger partial charge in [-0.1, -0.05) is 42.5 Å². The molecule has 0 bridgehead atoms. The van der Waals surface area contributed by atoms with E-state index >= 15 is 0 Å². The number of carbonyl (C=O) groups is 1. The summed E-state index contributed by atoms with van der Waals surface area (Å²) in [5, 5.41) is 3.03. The first-order valence-electron chi connectivity index (χ1n) is 7.56. The predicted octanol–water partition coefficient (Wildman–Crippen LogP) is 3.22. The molecule has 0 saturated heterocycles. The van der Waals surface area contributed by atoms with Crippen molar-refractivity contribution in [2.75, 3.05) is 7.11 Å². The van der Waals surface area contributed by atoms with Crippen LogP contribution in [0, 0.1) is 5.82 Å². The van der Waals surface area contributed by atoms with Gasteiger partial charge in [0, 0.05) is 15.3 Å². The van der Waals surface area contributed by atoms with Crippen LogP contribution in [-0.2, 0) is 16.1 Å². The Kier molecular flexibility index (Phi) is 4.50. The average molecular weight is 289 g/mol. The zero-order valence-electron chi connectivity index (χ0n) is 13.7. The maximum atomic E-state index is 13.1. The Bertz CT molecular complexity index is 647. The molecule has 0 aliphatic carbocycles. The molecule has 1 N–H and O–H groups in total. The third-order valence-corrected chi connectivity index (χ3v) is 3.00. The Morgan fingerprint density at radius 2 is 1.90 bits per heavy atom. The summed E-state index contributed by atoms with van der Waals surface area (Å²) in [6, 6.07) is 13.8. The molecule has 2 aromatic carbocycles. The van der Waals surface area contributed by atoms with Gasteiger partial charge in [-0.05, 0) is 23.3 Å². The highest BCUT2D eigenvalue weighted by Crippen LogP contribution is 2.18. The van der Waals surface area contributed by atoms with Crippen molar-refractivity contribution in [3.05, 3.63) is 71.5 Å². The molecule has 0 aliphatic heterocycles. The summed E-state index contributed by atoms with van der Waals surface area (Å²) in [5.74, 6) is -1.40. The third kappa shape index (κ3) is 4.68. The van der Waals surface area contributed by atoms with E-state index in [0.29, 0.717) is 12.1 Å². The number of rotatable bonds is 6. The molecule has 0 aliphatic rings. The number of nitrogens with one attached hydrogen (secondary N) is 1. The summed E-state index contributed by atoms with van der Waals surface area (Å²) in [4.78, 5) is 11.8. The fraction of sp³-hybridized carbons (Fsp3) is 0.235. The molecule has 0 saturated carbocycles. The van der Waals surface area contributed by atoms with E-state index in [1.807, 2.05) is 30.3 Å². The van der Waals surface area contributed by atoms with Crippen LogP contribution in [0.5, 0.6) is 0 Å². The van der Waals surface area contributed by atoms with Crippen molar-refractivity contribution < 1.29 is 16.7 Å². The summed E-state index contributed by atoms with van der Waals surface area (Å²) in [7, 11) is 1.14. The second kappa shape index (κ2) is 7.55. The van der Waals surface area contributed by atoms with Gasteiger partial charge in [0.15, 0.2) is 0 Å². The molecule has 1 unspecified atom stereocenters. The molecule has 0 spiro atoms. The van der Waals surface area contributed by atoms with Crippen molar-refractivity contribution in [1.29, 1.82) is 0 Å². The van der Waals surface area contributed by atoms with Gasteiger partial charge in [0.2, 0.25) is 0 Å². The number of benzene rings is 2. The summed E-state index contributed by atoms with van der Waals surface area (Å²) in [6.07, 6.45) is -2.29. The largest absolute Gasteiger partial charge is 0.469 e. The molecule has 0 fully saturated rings. The van der Waals surface area contributed by atoms with E-state index in [9.17, 15) is 9.18 Å². The van der Waals surface area contributed by atoms with Crippen LogP contribution >= 0.6 is 0 Å². The lowest BCUT2D eigenvalue weighted by molar-refractivity contribution is -0.141. The van der Waals surface area contributed by atoms with E-state index in [1.54, 1.807) is 0 Å². The molecule has 21 heavy (non-hydrogen) atoms. The summed E-state index contributed by atoms with van der Waals surface area (Å²) in [6.45, 7) is 0.361. The topological polar surface area (TPSA) is 38.3 Å². The van der Waals surface area contributed by atoms with Gasteiger partial charge in [0.1, 0.15) is 5.82 Å². The van der Waals surface area contributed by atoms with Gasteiger partial charge in [-0.25, -0.2) is 4.39 Å². The second-order valence-electron chi connectivity index (χ2n) is 4.49. The Balaban J connectivity index is 2.27. The summed E-state index contributed by atoms with van der Waals surface area (Å²) >= 11 is 0. The van der Waals surface area contributed by atoms with Gasteiger partial charge < -0.3 is 10.1 Å². The second-order valence-corrected chi connectivity index (χ2v) is 4.49. The Morgan fingerprint density at radius 3 is 2.52 bits per heavy atom. The first-order chi connectivity index (χ1) is 10.9. The van der Waals surface area contributed by atoms with Crippen molar-refractivity contribution in [3.63, 3.8) is 0 Å². The van der Waals surface area contributed by atoms with Gasteiger partial charge >= 0.3 is 5.97 Å². The molecular formula is C17H18FNO2. The van der Waals surface area contributed by atoms with Crippen molar-refractivity contribution >= 4 is 5.97 Å². The maximum Gasteiger partial charge on any atom is 0.307 e. The van der Waals surface area contributed by atoms with Gasteiger partial charge in [-0.15, -0.1) is 0 Å². The molecule has 0 aromatic heterocycles. The van der Waals surface area contributed by atoms with Crippen LogP contribution in [0.1, 0.15) is 26.3 Å². The lowest BCUT2D eigenvalue weighted by atomic mass is 10.0. The van der Waals surface area contributed by atoms with Crippen LogP contribution < -0.4 is 5.32 Å².